The van der Waals surface area contributed by atoms with Crippen LogP contribution in [0.5, 0.6) is 5.75 Å². The predicted molar refractivity (Wildman–Crippen MR) is 116 cm³/mol. The molecule has 0 spiro atoms. The summed E-state index contributed by atoms with van der Waals surface area (Å²) in [4.78, 5) is 25.1. The molecule has 1 saturated heterocycles. The fourth-order valence-electron chi connectivity index (χ4n) is 3.81. The molecular formula is C22H26N6O3. The van der Waals surface area contributed by atoms with Crippen LogP contribution >= 0.6 is 0 Å². The molecule has 1 amide bonds. The molecular weight excluding hydrogens is 396 g/mol. The number of nitrogens with zero attached hydrogens (tertiary/aromatic N) is 5. The number of hydrogen-bond acceptors (Lipinski definition) is 7. The molecule has 9 nitrogen and oxygen atoms in total. The van der Waals surface area contributed by atoms with Gasteiger partial charge >= 0.3 is 0 Å². The number of fused-ring (bicyclic) bond motifs is 1. The second kappa shape index (κ2) is 7.81. The third kappa shape index (κ3) is 4.05. The van der Waals surface area contributed by atoms with Crippen LogP contribution in [0.3, 0.4) is 0 Å². The van der Waals surface area contributed by atoms with Crippen molar-refractivity contribution in [1.29, 1.82) is 0 Å². The quantitative estimate of drug-likeness (QED) is 0.624. The molecule has 0 radical (unpaired) electrons. The number of benzene rings is 1. The standard InChI is InChI=1S/C22H26N6O3/c1-22(5-6-22)31-15-3-4-17-16(11-15)21(26-25-17)18-12-19(24-14-23-18)28-8-7-27(9-10-30-2)20(29)13-28/h3-4,11-12,14H,5-10,13H2,1-2H3,(H,25,26). The minimum atomic E-state index is -0.0440. The molecule has 2 fully saturated rings. The maximum absolute atomic E-state index is 12.5. The Balaban J connectivity index is 1.38. The average molecular weight is 422 g/mol. The van der Waals surface area contributed by atoms with Crippen molar-refractivity contribution in [3.05, 3.63) is 30.6 Å². The summed E-state index contributed by atoms with van der Waals surface area (Å²) in [7, 11) is 1.64. The van der Waals surface area contributed by atoms with E-state index in [9.17, 15) is 4.79 Å². The number of nitrogens with one attached hydrogen (secondary N) is 1. The van der Waals surface area contributed by atoms with Gasteiger partial charge in [-0.15, -0.1) is 0 Å². The Labute approximate surface area is 180 Å². The summed E-state index contributed by atoms with van der Waals surface area (Å²) in [5.74, 6) is 1.63. The Morgan fingerprint density at radius 2 is 2.06 bits per heavy atom. The van der Waals surface area contributed by atoms with Crippen LogP contribution in [0, 0.1) is 0 Å². The number of rotatable bonds is 7. The third-order valence-electron chi connectivity index (χ3n) is 5.96. The van der Waals surface area contributed by atoms with Crippen LogP contribution in [0.2, 0.25) is 0 Å². The zero-order valence-corrected chi connectivity index (χ0v) is 17.8. The normalized spacial score (nSPS) is 17.9. The molecule has 0 bridgehead atoms. The topological polar surface area (TPSA) is 96.5 Å². The molecule has 1 aliphatic heterocycles. The fourth-order valence-corrected chi connectivity index (χ4v) is 3.81. The number of H-pyrrole nitrogens is 1. The summed E-state index contributed by atoms with van der Waals surface area (Å²) in [5.41, 5.74) is 2.33. The van der Waals surface area contributed by atoms with Crippen LogP contribution < -0.4 is 9.64 Å². The van der Waals surface area contributed by atoms with Crippen molar-refractivity contribution in [2.45, 2.75) is 25.4 Å². The van der Waals surface area contributed by atoms with E-state index in [1.807, 2.05) is 34.1 Å². The van der Waals surface area contributed by atoms with Crippen molar-refractivity contribution in [2.75, 3.05) is 44.8 Å². The van der Waals surface area contributed by atoms with E-state index in [0.29, 0.717) is 31.9 Å². The molecule has 2 aliphatic rings. The average Bonchev–Trinajstić information content (AvgIpc) is 3.35. The number of carbonyl (C=O) groups excluding carboxylic acids is 1. The fraction of sp³-hybridized carbons (Fsp3) is 0.455. The highest BCUT2D eigenvalue weighted by atomic mass is 16.5. The van der Waals surface area contributed by atoms with Gasteiger partial charge in [0.1, 0.15) is 29.2 Å². The van der Waals surface area contributed by atoms with Gasteiger partial charge in [0.05, 0.1) is 24.4 Å². The van der Waals surface area contributed by atoms with Gasteiger partial charge in [0.25, 0.3) is 0 Å². The van der Waals surface area contributed by atoms with E-state index in [4.69, 9.17) is 9.47 Å². The smallest absolute Gasteiger partial charge is 0.242 e. The molecule has 162 valence electrons. The van der Waals surface area contributed by atoms with Crippen molar-refractivity contribution in [1.82, 2.24) is 25.1 Å². The van der Waals surface area contributed by atoms with Crippen LogP contribution in [-0.2, 0) is 9.53 Å². The highest BCUT2D eigenvalue weighted by Crippen LogP contribution is 2.40. The largest absolute Gasteiger partial charge is 0.488 e. The first-order valence-corrected chi connectivity index (χ1v) is 10.6. The molecule has 0 atom stereocenters. The number of amides is 1. The monoisotopic (exact) mass is 422 g/mol. The maximum atomic E-state index is 12.5. The lowest BCUT2D eigenvalue weighted by atomic mass is 10.1. The van der Waals surface area contributed by atoms with Gasteiger partial charge in [-0.05, 0) is 38.0 Å². The number of hydrogen-bond donors (Lipinski definition) is 1. The van der Waals surface area contributed by atoms with Crippen LogP contribution in [0.4, 0.5) is 5.82 Å². The summed E-state index contributed by atoms with van der Waals surface area (Å²) in [6.45, 7) is 4.93. The summed E-state index contributed by atoms with van der Waals surface area (Å²) < 4.78 is 11.2. The van der Waals surface area contributed by atoms with Crippen molar-refractivity contribution in [3.63, 3.8) is 0 Å². The Kier molecular flexibility index (Phi) is 4.97. The van der Waals surface area contributed by atoms with Gasteiger partial charge in [-0.3, -0.25) is 9.89 Å². The van der Waals surface area contributed by atoms with Gasteiger partial charge in [0, 0.05) is 38.2 Å². The summed E-state index contributed by atoms with van der Waals surface area (Å²) in [5, 5.41) is 8.51. The number of aromatic nitrogens is 4. The molecule has 1 N–H and O–H groups in total. The maximum Gasteiger partial charge on any atom is 0.242 e. The highest BCUT2D eigenvalue weighted by Gasteiger charge is 2.40. The third-order valence-corrected chi connectivity index (χ3v) is 5.96. The molecule has 0 unspecified atom stereocenters. The van der Waals surface area contributed by atoms with E-state index in [0.717, 1.165) is 41.0 Å². The molecule has 3 aromatic rings. The molecule has 31 heavy (non-hydrogen) atoms. The zero-order chi connectivity index (χ0) is 21.4. The van der Waals surface area contributed by atoms with E-state index in [1.165, 1.54) is 6.33 Å². The number of ether oxygens (including phenoxy) is 2. The first-order chi connectivity index (χ1) is 15.0. The van der Waals surface area contributed by atoms with Gasteiger partial charge in [-0.25, -0.2) is 9.97 Å². The van der Waals surface area contributed by atoms with Crippen LogP contribution in [0.25, 0.3) is 22.3 Å². The predicted octanol–water partition coefficient (Wildman–Crippen LogP) is 2.25. The molecule has 1 aromatic carbocycles. The lowest BCUT2D eigenvalue weighted by Crippen LogP contribution is -2.51. The lowest BCUT2D eigenvalue weighted by molar-refractivity contribution is -0.131. The molecule has 1 aliphatic carbocycles. The number of carbonyl (C=O) groups is 1. The van der Waals surface area contributed by atoms with Crippen LogP contribution in [0.1, 0.15) is 19.8 Å². The molecule has 1 saturated carbocycles. The van der Waals surface area contributed by atoms with Gasteiger partial charge in [0.15, 0.2) is 0 Å². The minimum absolute atomic E-state index is 0.0440. The summed E-state index contributed by atoms with van der Waals surface area (Å²) >= 11 is 0. The van der Waals surface area contributed by atoms with Crippen molar-refractivity contribution in [3.8, 4) is 17.1 Å². The number of anilines is 1. The summed E-state index contributed by atoms with van der Waals surface area (Å²) in [6, 6.07) is 7.85. The van der Waals surface area contributed by atoms with Gasteiger partial charge in [-0.1, -0.05) is 0 Å². The van der Waals surface area contributed by atoms with E-state index < -0.39 is 0 Å². The van der Waals surface area contributed by atoms with Crippen molar-refractivity contribution < 1.29 is 14.3 Å². The van der Waals surface area contributed by atoms with E-state index in [-0.39, 0.29) is 18.1 Å². The Morgan fingerprint density at radius 1 is 1.19 bits per heavy atom. The lowest BCUT2D eigenvalue weighted by Gasteiger charge is -2.34. The van der Waals surface area contributed by atoms with E-state index >= 15 is 0 Å². The second-order valence-corrected chi connectivity index (χ2v) is 8.39. The molecule has 9 heteroatoms. The van der Waals surface area contributed by atoms with Crippen molar-refractivity contribution >= 4 is 22.6 Å². The molecule has 3 heterocycles. The Bertz CT molecular complexity index is 1110. The van der Waals surface area contributed by atoms with Crippen molar-refractivity contribution in [2.24, 2.45) is 0 Å². The molecule has 2 aromatic heterocycles. The minimum Gasteiger partial charge on any atom is -0.488 e. The second-order valence-electron chi connectivity index (χ2n) is 8.39. The van der Waals surface area contributed by atoms with E-state index in [1.54, 1.807) is 7.11 Å². The molecule has 5 rings (SSSR count). The highest BCUT2D eigenvalue weighted by molar-refractivity contribution is 5.93. The van der Waals surface area contributed by atoms with Crippen LogP contribution in [-0.4, -0.2) is 76.5 Å². The Hall–Kier alpha value is -3.20. The first kappa shape index (κ1) is 19.7. The number of aromatic amines is 1. The number of methoxy groups -OCH3 is 1. The van der Waals surface area contributed by atoms with Crippen LogP contribution in [0.15, 0.2) is 30.6 Å². The van der Waals surface area contributed by atoms with E-state index in [2.05, 4.69) is 27.1 Å². The Morgan fingerprint density at radius 3 is 2.84 bits per heavy atom. The van der Waals surface area contributed by atoms with Gasteiger partial charge in [0.2, 0.25) is 5.91 Å². The SMILES string of the molecule is COCCN1CCN(c2cc(-c3n[nH]c4ccc(OC5(C)CC5)cc34)ncn2)CC1=O. The summed E-state index contributed by atoms with van der Waals surface area (Å²) in [6.07, 6.45) is 3.69. The number of piperazine rings is 1. The van der Waals surface area contributed by atoms with Gasteiger partial charge < -0.3 is 19.3 Å². The zero-order valence-electron chi connectivity index (χ0n) is 17.8. The van der Waals surface area contributed by atoms with Gasteiger partial charge in [-0.2, -0.15) is 5.10 Å². The first-order valence-electron chi connectivity index (χ1n) is 10.6.